The largest absolute Gasteiger partial charge is 0.392 e. The van der Waals surface area contributed by atoms with Crippen LogP contribution in [-0.2, 0) is 4.79 Å². The van der Waals surface area contributed by atoms with Gasteiger partial charge in [0.2, 0.25) is 5.91 Å². The summed E-state index contributed by atoms with van der Waals surface area (Å²) in [6, 6.07) is 0.266. The first kappa shape index (κ1) is 10.9. The predicted octanol–water partition coefficient (Wildman–Crippen LogP) is 0.110. The number of aliphatic hydroxyl groups is 1. The molecule has 15 heavy (non-hydrogen) atoms. The maximum Gasteiger partial charge on any atom is 0.239 e. The molecule has 2 rings (SSSR count). The van der Waals surface area contributed by atoms with Crippen LogP contribution in [0.4, 0.5) is 0 Å². The first-order valence-corrected chi connectivity index (χ1v) is 5.86. The van der Waals surface area contributed by atoms with Gasteiger partial charge in [0.1, 0.15) is 0 Å². The zero-order valence-electron chi connectivity index (χ0n) is 9.28. The molecule has 0 aromatic carbocycles. The third kappa shape index (κ3) is 2.32. The number of nitrogens with one attached hydrogen (secondary N) is 1. The minimum atomic E-state index is -0.351. The number of likely N-dealkylation sites (N-methyl/N-ethyl adjacent to an activating group) is 1. The van der Waals surface area contributed by atoms with Crippen molar-refractivity contribution in [2.45, 2.75) is 50.3 Å². The number of aliphatic hydroxyl groups excluding tert-OH is 1. The van der Waals surface area contributed by atoms with Crippen molar-refractivity contribution < 1.29 is 9.90 Å². The topological polar surface area (TPSA) is 52.6 Å². The highest BCUT2D eigenvalue weighted by Crippen LogP contribution is 2.23. The molecule has 2 aliphatic rings. The Morgan fingerprint density at radius 2 is 2.07 bits per heavy atom. The van der Waals surface area contributed by atoms with E-state index in [2.05, 4.69) is 5.32 Å². The predicted molar refractivity (Wildman–Crippen MR) is 57.4 cm³/mol. The van der Waals surface area contributed by atoms with E-state index in [4.69, 9.17) is 0 Å². The summed E-state index contributed by atoms with van der Waals surface area (Å²) in [5.41, 5.74) is 0. The molecule has 1 saturated heterocycles. The number of carbonyl (C=O) groups excluding carboxylic acids is 1. The van der Waals surface area contributed by atoms with Crippen LogP contribution >= 0.6 is 0 Å². The average Bonchev–Trinajstić information content (AvgIpc) is 2.85. The Bertz CT molecular complexity index is 239. The van der Waals surface area contributed by atoms with Gasteiger partial charge in [-0.2, -0.15) is 0 Å². The molecular weight excluding hydrogens is 192 g/mol. The second-order valence-corrected chi connectivity index (χ2v) is 4.74. The van der Waals surface area contributed by atoms with Gasteiger partial charge in [0.05, 0.1) is 12.1 Å². The van der Waals surface area contributed by atoms with Crippen LogP contribution in [0.3, 0.4) is 0 Å². The minimum Gasteiger partial charge on any atom is -0.392 e. The van der Waals surface area contributed by atoms with Crippen LogP contribution in [0.15, 0.2) is 0 Å². The number of β-amino-alcohol motifs (C(OH)–C–C–N with tert-alkyl or cyclic N) is 1. The Kier molecular flexibility index (Phi) is 3.26. The molecule has 4 heteroatoms. The number of hydrogen-bond acceptors (Lipinski definition) is 3. The molecule has 0 radical (unpaired) electrons. The van der Waals surface area contributed by atoms with Crippen molar-refractivity contribution in [1.29, 1.82) is 0 Å². The van der Waals surface area contributed by atoms with Gasteiger partial charge in [0.25, 0.3) is 0 Å². The third-order valence-electron chi connectivity index (χ3n) is 3.63. The third-order valence-corrected chi connectivity index (χ3v) is 3.63. The monoisotopic (exact) mass is 212 g/mol. The van der Waals surface area contributed by atoms with Crippen molar-refractivity contribution in [2.24, 2.45) is 0 Å². The Morgan fingerprint density at radius 1 is 1.40 bits per heavy atom. The van der Waals surface area contributed by atoms with Crippen LogP contribution in [-0.4, -0.2) is 47.7 Å². The van der Waals surface area contributed by atoms with Crippen molar-refractivity contribution in [3.63, 3.8) is 0 Å². The fourth-order valence-corrected chi connectivity index (χ4v) is 2.62. The Hall–Kier alpha value is -0.610. The Morgan fingerprint density at radius 3 is 2.60 bits per heavy atom. The van der Waals surface area contributed by atoms with Gasteiger partial charge in [-0.15, -0.1) is 0 Å². The molecule has 4 nitrogen and oxygen atoms in total. The van der Waals surface area contributed by atoms with Gasteiger partial charge >= 0.3 is 0 Å². The van der Waals surface area contributed by atoms with Gasteiger partial charge in [-0.05, 0) is 19.3 Å². The maximum atomic E-state index is 12.0. The summed E-state index contributed by atoms with van der Waals surface area (Å²) < 4.78 is 0. The molecule has 1 aliphatic carbocycles. The van der Waals surface area contributed by atoms with Gasteiger partial charge in [-0.25, -0.2) is 0 Å². The summed E-state index contributed by atoms with van der Waals surface area (Å²) in [7, 11) is 1.89. The molecular formula is C11H20N2O2. The molecule has 2 fully saturated rings. The second-order valence-electron chi connectivity index (χ2n) is 4.74. The second kappa shape index (κ2) is 4.49. The summed E-state index contributed by atoms with van der Waals surface area (Å²) in [5.74, 6) is 0.151. The van der Waals surface area contributed by atoms with Gasteiger partial charge in [0, 0.05) is 19.6 Å². The highest BCUT2D eigenvalue weighted by atomic mass is 16.3. The molecule has 0 aromatic rings. The molecule has 2 unspecified atom stereocenters. The number of carbonyl (C=O) groups is 1. The highest BCUT2D eigenvalue weighted by Gasteiger charge is 2.33. The summed E-state index contributed by atoms with van der Waals surface area (Å²) in [5, 5.41) is 12.4. The zero-order valence-corrected chi connectivity index (χ0v) is 9.28. The summed E-state index contributed by atoms with van der Waals surface area (Å²) in [6.07, 6.45) is 4.97. The van der Waals surface area contributed by atoms with Crippen molar-refractivity contribution >= 4 is 5.91 Å². The number of hydrogen-bond donors (Lipinski definition) is 2. The van der Waals surface area contributed by atoms with Crippen molar-refractivity contribution in [1.82, 2.24) is 10.2 Å². The molecule has 2 atom stereocenters. The molecule has 86 valence electrons. The summed E-state index contributed by atoms with van der Waals surface area (Å²) in [4.78, 5) is 13.9. The minimum absolute atomic E-state index is 0.151. The fourth-order valence-electron chi connectivity index (χ4n) is 2.62. The van der Waals surface area contributed by atoms with E-state index in [-0.39, 0.29) is 18.1 Å². The molecule has 1 aliphatic heterocycles. The molecule has 1 amide bonds. The van der Waals surface area contributed by atoms with E-state index in [9.17, 15) is 9.90 Å². The molecule has 2 N–H and O–H groups in total. The van der Waals surface area contributed by atoms with Gasteiger partial charge in [0.15, 0.2) is 0 Å². The van der Waals surface area contributed by atoms with Crippen LogP contribution in [0.1, 0.15) is 32.1 Å². The van der Waals surface area contributed by atoms with Gasteiger partial charge < -0.3 is 15.3 Å². The first-order valence-electron chi connectivity index (χ1n) is 5.86. The molecule has 0 aromatic heterocycles. The van der Waals surface area contributed by atoms with E-state index in [1.165, 1.54) is 12.8 Å². The van der Waals surface area contributed by atoms with Crippen molar-refractivity contribution in [2.75, 3.05) is 13.6 Å². The molecule has 1 heterocycles. The van der Waals surface area contributed by atoms with Crippen LogP contribution in [0.25, 0.3) is 0 Å². The zero-order chi connectivity index (χ0) is 10.8. The summed E-state index contributed by atoms with van der Waals surface area (Å²) in [6.45, 7) is 0.551. The smallest absolute Gasteiger partial charge is 0.239 e. The van der Waals surface area contributed by atoms with E-state index in [1.54, 1.807) is 0 Å². The van der Waals surface area contributed by atoms with Crippen LogP contribution in [0.5, 0.6) is 0 Å². The molecule has 0 spiro atoms. The lowest BCUT2D eigenvalue weighted by Gasteiger charge is -2.27. The lowest BCUT2D eigenvalue weighted by molar-refractivity contribution is -0.133. The quantitative estimate of drug-likeness (QED) is 0.683. The lowest BCUT2D eigenvalue weighted by Crippen LogP contribution is -2.45. The SMILES string of the molecule is CN(C(=O)C1CC(O)CN1)C1CCCC1. The van der Waals surface area contributed by atoms with Crippen molar-refractivity contribution in [3.8, 4) is 0 Å². The van der Waals surface area contributed by atoms with Crippen LogP contribution in [0.2, 0.25) is 0 Å². The van der Waals surface area contributed by atoms with E-state index in [1.807, 2.05) is 11.9 Å². The average molecular weight is 212 g/mol. The summed E-state index contributed by atoms with van der Waals surface area (Å²) >= 11 is 0. The lowest BCUT2D eigenvalue weighted by atomic mass is 10.1. The standard InChI is InChI=1S/C11H20N2O2/c1-13(8-4-2-3-5-8)11(15)10-6-9(14)7-12-10/h8-10,12,14H,2-7H2,1H3. The molecule has 0 bridgehead atoms. The first-order chi connectivity index (χ1) is 7.18. The van der Waals surface area contributed by atoms with Crippen molar-refractivity contribution in [3.05, 3.63) is 0 Å². The van der Waals surface area contributed by atoms with Crippen LogP contribution < -0.4 is 5.32 Å². The van der Waals surface area contributed by atoms with Gasteiger partial charge in [-0.1, -0.05) is 12.8 Å². The normalized spacial score (nSPS) is 32.1. The van der Waals surface area contributed by atoms with E-state index in [0.29, 0.717) is 19.0 Å². The number of rotatable bonds is 2. The number of nitrogens with zero attached hydrogens (tertiary/aromatic N) is 1. The Balaban J connectivity index is 1.89. The van der Waals surface area contributed by atoms with E-state index < -0.39 is 0 Å². The number of amides is 1. The van der Waals surface area contributed by atoms with E-state index in [0.717, 1.165) is 12.8 Å². The fraction of sp³-hybridized carbons (Fsp3) is 0.909. The highest BCUT2D eigenvalue weighted by molar-refractivity contribution is 5.82. The van der Waals surface area contributed by atoms with Crippen LogP contribution in [0, 0.1) is 0 Å². The maximum absolute atomic E-state index is 12.0. The van der Waals surface area contributed by atoms with Gasteiger partial charge in [-0.3, -0.25) is 4.79 Å². The Labute approximate surface area is 90.6 Å². The van der Waals surface area contributed by atoms with E-state index >= 15 is 0 Å². The molecule has 1 saturated carbocycles.